The van der Waals surface area contributed by atoms with Crippen molar-refractivity contribution >= 4 is 0 Å². The van der Waals surface area contributed by atoms with Gasteiger partial charge in [0, 0.05) is 25.8 Å². The second-order valence-corrected chi connectivity index (χ2v) is 5.58. The zero-order valence-corrected chi connectivity index (χ0v) is 12.4. The van der Waals surface area contributed by atoms with Crippen molar-refractivity contribution in [2.45, 2.75) is 38.8 Å². The highest BCUT2D eigenvalue weighted by Gasteiger charge is 2.14. The van der Waals surface area contributed by atoms with Gasteiger partial charge < -0.3 is 19.9 Å². The van der Waals surface area contributed by atoms with E-state index in [2.05, 4.69) is 11.4 Å². The van der Waals surface area contributed by atoms with Crippen molar-refractivity contribution in [3.05, 3.63) is 29.3 Å². The largest absolute Gasteiger partial charge is 0.491 e. The molecule has 0 bridgehead atoms. The van der Waals surface area contributed by atoms with Gasteiger partial charge in [0.1, 0.15) is 18.5 Å². The summed E-state index contributed by atoms with van der Waals surface area (Å²) in [7, 11) is 0. The Kier molecular flexibility index (Phi) is 5.83. The number of hydrogen-bond acceptors (Lipinski definition) is 4. The normalized spacial score (nSPS) is 17.9. The van der Waals surface area contributed by atoms with Crippen molar-refractivity contribution in [3.8, 4) is 5.75 Å². The molecule has 112 valence electrons. The van der Waals surface area contributed by atoms with Crippen LogP contribution in [0.4, 0.5) is 0 Å². The molecule has 1 heterocycles. The van der Waals surface area contributed by atoms with Gasteiger partial charge in [-0.2, -0.15) is 0 Å². The summed E-state index contributed by atoms with van der Waals surface area (Å²) in [5.74, 6) is 0.826. The first-order valence-electron chi connectivity index (χ1n) is 7.34. The number of rotatable bonds is 6. The van der Waals surface area contributed by atoms with Gasteiger partial charge in [-0.05, 0) is 49.9 Å². The van der Waals surface area contributed by atoms with Crippen LogP contribution >= 0.6 is 0 Å². The van der Waals surface area contributed by atoms with E-state index in [1.54, 1.807) is 0 Å². The second-order valence-electron chi connectivity index (χ2n) is 5.58. The Hall–Kier alpha value is -1.10. The van der Waals surface area contributed by atoms with Crippen LogP contribution < -0.4 is 10.1 Å². The summed E-state index contributed by atoms with van der Waals surface area (Å²) < 4.78 is 11.0. The van der Waals surface area contributed by atoms with Crippen LogP contribution in [0, 0.1) is 13.8 Å². The van der Waals surface area contributed by atoms with Crippen LogP contribution in [0.2, 0.25) is 0 Å². The maximum atomic E-state index is 9.96. The summed E-state index contributed by atoms with van der Waals surface area (Å²) >= 11 is 0. The molecule has 1 unspecified atom stereocenters. The van der Waals surface area contributed by atoms with Gasteiger partial charge in [-0.3, -0.25) is 0 Å². The van der Waals surface area contributed by atoms with Crippen LogP contribution in [-0.2, 0) is 4.74 Å². The fourth-order valence-corrected chi connectivity index (χ4v) is 2.47. The number of nitrogens with one attached hydrogen (secondary N) is 1. The lowest BCUT2D eigenvalue weighted by Crippen LogP contribution is -2.40. The Balaban J connectivity index is 1.70. The molecule has 4 nitrogen and oxygen atoms in total. The van der Waals surface area contributed by atoms with Gasteiger partial charge in [0.15, 0.2) is 0 Å². The lowest BCUT2D eigenvalue weighted by atomic mass is 10.1. The highest BCUT2D eigenvalue weighted by Crippen LogP contribution is 2.16. The van der Waals surface area contributed by atoms with Gasteiger partial charge in [-0.25, -0.2) is 0 Å². The molecule has 1 saturated heterocycles. The average Bonchev–Trinajstić information content (AvgIpc) is 2.43. The van der Waals surface area contributed by atoms with E-state index < -0.39 is 6.10 Å². The number of benzene rings is 1. The average molecular weight is 279 g/mol. The molecule has 0 amide bonds. The minimum Gasteiger partial charge on any atom is -0.491 e. The van der Waals surface area contributed by atoms with Gasteiger partial charge in [0.25, 0.3) is 0 Å². The minimum atomic E-state index is -0.487. The van der Waals surface area contributed by atoms with Crippen LogP contribution in [0.1, 0.15) is 24.0 Å². The molecule has 0 aliphatic carbocycles. The number of aliphatic hydroxyl groups is 1. The first-order valence-corrected chi connectivity index (χ1v) is 7.34. The smallest absolute Gasteiger partial charge is 0.119 e. The second kappa shape index (κ2) is 7.62. The van der Waals surface area contributed by atoms with E-state index in [0.717, 1.165) is 31.8 Å². The van der Waals surface area contributed by atoms with E-state index in [1.165, 1.54) is 11.1 Å². The summed E-state index contributed by atoms with van der Waals surface area (Å²) in [4.78, 5) is 0. The Morgan fingerprint density at radius 3 is 2.55 bits per heavy atom. The van der Waals surface area contributed by atoms with E-state index in [1.807, 2.05) is 26.0 Å². The lowest BCUT2D eigenvalue weighted by Gasteiger charge is -2.24. The molecule has 0 saturated carbocycles. The lowest BCUT2D eigenvalue weighted by molar-refractivity contribution is 0.0655. The maximum absolute atomic E-state index is 9.96. The highest BCUT2D eigenvalue weighted by molar-refractivity contribution is 5.32. The fourth-order valence-electron chi connectivity index (χ4n) is 2.47. The zero-order valence-electron chi connectivity index (χ0n) is 12.4. The molecular formula is C16H25NO3. The van der Waals surface area contributed by atoms with Gasteiger partial charge in [-0.15, -0.1) is 0 Å². The molecule has 0 spiro atoms. The molecule has 2 rings (SSSR count). The molecule has 1 aliphatic heterocycles. The standard InChI is InChI=1S/C16H25NO3/c1-12-7-13(2)9-16(8-12)20-11-15(18)10-17-14-3-5-19-6-4-14/h7-9,14-15,17-18H,3-6,10-11H2,1-2H3. The molecule has 1 aliphatic rings. The predicted octanol–water partition coefficient (Wildman–Crippen LogP) is 1.81. The predicted molar refractivity (Wildman–Crippen MR) is 79.3 cm³/mol. The van der Waals surface area contributed by atoms with Crippen molar-refractivity contribution in [2.24, 2.45) is 0 Å². The van der Waals surface area contributed by atoms with E-state index in [-0.39, 0.29) is 0 Å². The molecule has 2 N–H and O–H groups in total. The van der Waals surface area contributed by atoms with E-state index in [0.29, 0.717) is 19.2 Å². The molecule has 1 fully saturated rings. The minimum absolute atomic E-state index is 0.319. The third kappa shape index (κ3) is 5.12. The first kappa shape index (κ1) is 15.3. The van der Waals surface area contributed by atoms with E-state index in [9.17, 15) is 5.11 Å². The summed E-state index contributed by atoms with van der Waals surface area (Å²) in [6, 6.07) is 6.55. The number of ether oxygens (including phenoxy) is 2. The van der Waals surface area contributed by atoms with Crippen LogP contribution in [0.15, 0.2) is 18.2 Å². The SMILES string of the molecule is Cc1cc(C)cc(OCC(O)CNC2CCOCC2)c1. The maximum Gasteiger partial charge on any atom is 0.119 e. The molecule has 4 heteroatoms. The first-order chi connectivity index (χ1) is 9.63. The topological polar surface area (TPSA) is 50.7 Å². The van der Waals surface area contributed by atoms with Gasteiger partial charge in [0.05, 0.1) is 0 Å². The Labute approximate surface area is 121 Å². The zero-order chi connectivity index (χ0) is 14.4. The molecule has 1 aromatic rings. The molecular weight excluding hydrogens is 254 g/mol. The van der Waals surface area contributed by atoms with Crippen molar-refractivity contribution in [1.29, 1.82) is 0 Å². The third-order valence-electron chi connectivity index (χ3n) is 3.50. The Morgan fingerprint density at radius 2 is 1.90 bits per heavy atom. The quantitative estimate of drug-likeness (QED) is 0.834. The van der Waals surface area contributed by atoms with Crippen molar-refractivity contribution in [1.82, 2.24) is 5.32 Å². The van der Waals surface area contributed by atoms with E-state index >= 15 is 0 Å². The molecule has 0 aromatic heterocycles. The Morgan fingerprint density at radius 1 is 1.25 bits per heavy atom. The van der Waals surface area contributed by atoms with Crippen molar-refractivity contribution < 1.29 is 14.6 Å². The molecule has 1 atom stereocenters. The molecule has 20 heavy (non-hydrogen) atoms. The van der Waals surface area contributed by atoms with Crippen LogP contribution in [0.25, 0.3) is 0 Å². The third-order valence-corrected chi connectivity index (χ3v) is 3.50. The van der Waals surface area contributed by atoms with Crippen LogP contribution in [0.3, 0.4) is 0 Å². The van der Waals surface area contributed by atoms with Gasteiger partial charge in [0.2, 0.25) is 0 Å². The summed E-state index contributed by atoms with van der Waals surface area (Å²) in [5, 5.41) is 13.3. The number of aliphatic hydroxyl groups excluding tert-OH is 1. The monoisotopic (exact) mass is 279 g/mol. The van der Waals surface area contributed by atoms with Gasteiger partial charge >= 0.3 is 0 Å². The summed E-state index contributed by atoms with van der Waals surface area (Å²) in [5.41, 5.74) is 2.35. The number of hydrogen-bond donors (Lipinski definition) is 2. The van der Waals surface area contributed by atoms with E-state index in [4.69, 9.17) is 9.47 Å². The fraction of sp³-hybridized carbons (Fsp3) is 0.625. The van der Waals surface area contributed by atoms with Crippen molar-refractivity contribution in [2.75, 3.05) is 26.4 Å². The molecule has 1 aromatic carbocycles. The summed E-state index contributed by atoms with van der Waals surface area (Å²) in [6.07, 6.45) is 1.55. The van der Waals surface area contributed by atoms with Gasteiger partial charge in [-0.1, -0.05) is 6.07 Å². The number of aryl methyl sites for hydroxylation is 2. The van der Waals surface area contributed by atoms with Crippen molar-refractivity contribution in [3.63, 3.8) is 0 Å². The van der Waals surface area contributed by atoms with Crippen LogP contribution in [-0.4, -0.2) is 43.6 Å². The highest BCUT2D eigenvalue weighted by atomic mass is 16.5. The molecule has 0 radical (unpaired) electrons. The Bertz CT molecular complexity index is 396. The van der Waals surface area contributed by atoms with Crippen LogP contribution in [0.5, 0.6) is 5.75 Å². The summed E-state index contributed by atoms with van der Waals surface area (Å²) in [6.45, 7) is 6.60.